The van der Waals surface area contributed by atoms with Crippen LogP contribution >= 0.6 is 0 Å². The maximum absolute atomic E-state index is 13.8. The highest BCUT2D eigenvalue weighted by atomic mass is 19.2. The molecule has 0 spiro atoms. The van der Waals surface area contributed by atoms with Gasteiger partial charge in [0, 0.05) is 12.1 Å². The van der Waals surface area contributed by atoms with Crippen molar-refractivity contribution in [2.24, 2.45) is 5.73 Å². The molecule has 0 aliphatic carbocycles. The van der Waals surface area contributed by atoms with E-state index < -0.39 is 23.5 Å². The molecule has 1 unspecified atom stereocenters. The van der Waals surface area contributed by atoms with Crippen LogP contribution in [-0.2, 0) is 6.54 Å². The third-order valence-electron chi connectivity index (χ3n) is 3.06. The van der Waals surface area contributed by atoms with Crippen molar-refractivity contribution >= 4 is 0 Å². The van der Waals surface area contributed by atoms with Gasteiger partial charge in [0.15, 0.2) is 23.2 Å². The van der Waals surface area contributed by atoms with Gasteiger partial charge in [-0.1, -0.05) is 6.07 Å². The Morgan fingerprint density at radius 1 is 1.30 bits per heavy atom. The third kappa shape index (κ3) is 2.24. The molecule has 7 heteroatoms. The summed E-state index contributed by atoms with van der Waals surface area (Å²) in [7, 11) is 1.43. The molecule has 2 rings (SSSR count). The lowest BCUT2D eigenvalue weighted by atomic mass is 10.0. The van der Waals surface area contributed by atoms with Gasteiger partial charge in [0.2, 0.25) is 0 Å². The Kier molecular flexibility index (Phi) is 3.99. The number of hydrogen-bond acceptors (Lipinski definition) is 3. The first-order valence-corrected chi connectivity index (χ1v) is 5.99. The minimum atomic E-state index is -1.54. The largest absolute Gasteiger partial charge is 0.493 e. The van der Waals surface area contributed by atoms with Crippen LogP contribution in [0.2, 0.25) is 0 Å². The number of benzene rings is 1. The van der Waals surface area contributed by atoms with E-state index in [1.54, 1.807) is 0 Å². The van der Waals surface area contributed by atoms with Gasteiger partial charge in [0.25, 0.3) is 0 Å². The third-order valence-corrected chi connectivity index (χ3v) is 3.06. The van der Waals surface area contributed by atoms with Crippen molar-refractivity contribution in [3.05, 3.63) is 47.0 Å². The number of methoxy groups -OCH3 is 1. The SMILES string of the molecule is CCn1ncc(OC)c1C(N)c1ccc(F)c(F)c1F. The van der Waals surface area contributed by atoms with Crippen molar-refractivity contribution in [2.75, 3.05) is 7.11 Å². The van der Waals surface area contributed by atoms with Crippen molar-refractivity contribution in [2.45, 2.75) is 19.5 Å². The van der Waals surface area contributed by atoms with Crippen molar-refractivity contribution in [3.8, 4) is 5.75 Å². The van der Waals surface area contributed by atoms with Crippen LogP contribution in [0.15, 0.2) is 18.3 Å². The molecule has 2 N–H and O–H groups in total. The van der Waals surface area contributed by atoms with E-state index >= 15 is 0 Å². The molecular formula is C13H14F3N3O. The van der Waals surface area contributed by atoms with E-state index in [9.17, 15) is 13.2 Å². The Morgan fingerprint density at radius 2 is 2.00 bits per heavy atom. The molecule has 0 radical (unpaired) electrons. The van der Waals surface area contributed by atoms with E-state index in [2.05, 4.69) is 5.10 Å². The molecule has 0 saturated heterocycles. The fourth-order valence-electron chi connectivity index (χ4n) is 2.03. The summed E-state index contributed by atoms with van der Waals surface area (Å²) >= 11 is 0. The number of halogens is 3. The quantitative estimate of drug-likeness (QED) is 0.877. The summed E-state index contributed by atoms with van der Waals surface area (Å²) in [6, 6.07) is 0.944. The van der Waals surface area contributed by atoms with Gasteiger partial charge in [0.1, 0.15) is 5.69 Å². The molecular weight excluding hydrogens is 271 g/mol. The Hall–Kier alpha value is -2.02. The predicted molar refractivity (Wildman–Crippen MR) is 66.8 cm³/mol. The second-order valence-corrected chi connectivity index (χ2v) is 4.16. The fraction of sp³-hybridized carbons (Fsp3) is 0.308. The zero-order valence-electron chi connectivity index (χ0n) is 11.0. The van der Waals surface area contributed by atoms with Crippen LogP contribution < -0.4 is 10.5 Å². The Balaban J connectivity index is 2.54. The zero-order valence-corrected chi connectivity index (χ0v) is 11.0. The Morgan fingerprint density at radius 3 is 2.60 bits per heavy atom. The van der Waals surface area contributed by atoms with Gasteiger partial charge in [-0.15, -0.1) is 0 Å². The van der Waals surface area contributed by atoms with E-state index in [1.165, 1.54) is 18.0 Å². The van der Waals surface area contributed by atoms with E-state index in [0.29, 0.717) is 18.0 Å². The van der Waals surface area contributed by atoms with Crippen LogP contribution in [-0.4, -0.2) is 16.9 Å². The van der Waals surface area contributed by atoms with E-state index in [0.717, 1.165) is 12.1 Å². The van der Waals surface area contributed by atoms with Crippen molar-refractivity contribution in [1.82, 2.24) is 9.78 Å². The van der Waals surface area contributed by atoms with Crippen molar-refractivity contribution in [3.63, 3.8) is 0 Å². The number of nitrogens with zero attached hydrogens (tertiary/aromatic N) is 2. The second kappa shape index (κ2) is 5.54. The zero-order chi connectivity index (χ0) is 14.9. The average molecular weight is 285 g/mol. The van der Waals surface area contributed by atoms with Gasteiger partial charge in [-0.05, 0) is 13.0 Å². The summed E-state index contributed by atoms with van der Waals surface area (Å²) in [5.74, 6) is -3.74. The van der Waals surface area contributed by atoms with Gasteiger partial charge in [-0.3, -0.25) is 4.68 Å². The number of aromatic nitrogens is 2. The predicted octanol–water partition coefficient (Wildman–Crippen LogP) is 2.38. The number of nitrogens with two attached hydrogens (primary N) is 1. The van der Waals surface area contributed by atoms with Gasteiger partial charge >= 0.3 is 0 Å². The molecule has 1 aromatic carbocycles. The van der Waals surface area contributed by atoms with Gasteiger partial charge in [-0.25, -0.2) is 13.2 Å². The molecule has 0 fully saturated rings. The number of rotatable bonds is 4. The molecule has 0 aliphatic rings. The molecule has 20 heavy (non-hydrogen) atoms. The maximum Gasteiger partial charge on any atom is 0.194 e. The lowest BCUT2D eigenvalue weighted by molar-refractivity contribution is 0.402. The second-order valence-electron chi connectivity index (χ2n) is 4.16. The normalized spacial score (nSPS) is 12.5. The summed E-state index contributed by atoms with van der Waals surface area (Å²) in [6.07, 6.45) is 1.44. The lowest BCUT2D eigenvalue weighted by Gasteiger charge is -2.16. The molecule has 4 nitrogen and oxygen atoms in total. The topological polar surface area (TPSA) is 53.1 Å². The van der Waals surface area contributed by atoms with Crippen LogP contribution in [0.3, 0.4) is 0 Å². The summed E-state index contributed by atoms with van der Waals surface area (Å²) in [5.41, 5.74) is 6.21. The summed E-state index contributed by atoms with van der Waals surface area (Å²) in [4.78, 5) is 0. The molecule has 0 aliphatic heterocycles. The Labute approximate surface area is 114 Å². The lowest BCUT2D eigenvalue weighted by Crippen LogP contribution is -2.20. The average Bonchev–Trinajstić information content (AvgIpc) is 2.87. The van der Waals surface area contributed by atoms with E-state index in [4.69, 9.17) is 10.5 Å². The van der Waals surface area contributed by atoms with Gasteiger partial charge < -0.3 is 10.5 Å². The van der Waals surface area contributed by atoms with Gasteiger partial charge in [0.05, 0.1) is 19.3 Å². The first-order chi connectivity index (χ1) is 9.51. The van der Waals surface area contributed by atoms with Crippen LogP contribution in [0.4, 0.5) is 13.2 Å². The highest BCUT2D eigenvalue weighted by molar-refractivity contribution is 5.37. The maximum atomic E-state index is 13.8. The molecule has 0 bridgehead atoms. The smallest absolute Gasteiger partial charge is 0.194 e. The first kappa shape index (κ1) is 14.4. The summed E-state index contributed by atoms with van der Waals surface area (Å²) in [6.45, 7) is 2.31. The van der Waals surface area contributed by atoms with Crippen LogP contribution in [0.5, 0.6) is 5.75 Å². The first-order valence-electron chi connectivity index (χ1n) is 5.99. The monoisotopic (exact) mass is 285 g/mol. The van der Waals surface area contributed by atoms with Crippen LogP contribution in [0.25, 0.3) is 0 Å². The molecule has 1 heterocycles. The number of hydrogen-bond donors (Lipinski definition) is 1. The fourth-order valence-corrected chi connectivity index (χ4v) is 2.03. The minimum absolute atomic E-state index is 0.155. The standard InChI is InChI=1S/C13H14F3N3O/c1-3-19-13(9(20-2)6-18-19)12(17)7-4-5-8(14)11(16)10(7)15/h4-6,12H,3,17H2,1-2H3. The van der Waals surface area contributed by atoms with Crippen LogP contribution in [0.1, 0.15) is 24.2 Å². The van der Waals surface area contributed by atoms with E-state index in [1.807, 2.05) is 6.92 Å². The molecule has 0 amide bonds. The molecule has 1 atom stereocenters. The van der Waals surface area contributed by atoms with Crippen molar-refractivity contribution < 1.29 is 17.9 Å². The number of ether oxygens (including phenoxy) is 1. The molecule has 2 aromatic rings. The minimum Gasteiger partial charge on any atom is -0.493 e. The van der Waals surface area contributed by atoms with E-state index in [-0.39, 0.29) is 5.56 Å². The molecule has 1 aromatic heterocycles. The molecule has 108 valence electrons. The highest BCUT2D eigenvalue weighted by Crippen LogP contribution is 2.30. The van der Waals surface area contributed by atoms with Crippen LogP contribution in [0, 0.1) is 17.5 Å². The summed E-state index contributed by atoms with van der Waals surface area (Å²) < 4.78 is 46.7. The number of aryl methyl sites for hydroxylation is 1. The molecule has 0 saturated carbocycles. The highest BCUT2D eigenvalue weighted by Gasteiger charge is 2.25. The van der Waals surface area contributed by atoms with Gasteiger partial charge in [-0.2, -0.15) is 5.10 Å². The Bertz CT molecular complexity index is 606. The summed E-state index contributed by atoms with van der Waals surface area (Å²) in [5, 5.41) is 4.04. The van der Waals surface area contributed by atoms with Crippen molar-refractivity contribution in [1.29, 1.82) is 0 Å².